The number of hydrogen-bond acceptors (Lipinski definition) is 6. The van der Waals surface area contributed by atoms with Crippen LogP contribution in [0.25, 0.3) is 0 Å². The molecule has 0 aliphatic heterocycles. The molecule has 0 heterocycles. The van der Waals surface area contributed by atoms with Crippen LogP contribution in [-0.4, -0.2) is 52.2 Å². The second-order valence-electron chi connectivity index (χ2n) is 8.17. The van der Waals surface area contributed by atoms with E-state index in [9.17, 15) is 0 Å². The van der Waals surface area contributed by atoms with Gasteiger partial charge in [-0.15, -0.1) is 0 Å². The third kappa shape index (κ3) is 6.12. The predicted molar refractivity (Wildman–Crippen MR) is 139 cm³/mol. The molecule has 0 saturated heterocycles. The van der Waals surface area contributed by atoms with Crippen molar-refractivity contribution in [3.63, 3.8) is 0 Å². The molecule has 2 aromatic rings. The van der Waals surface area contributed by atoms with E-state index in [4.69, 9.17) is 28.9 Å². The fourth-order valence-electron chi connectivity index (χ4n) is 4.27. The summed E-state index contributed by atoms with van der Waals surface area (Å²) in [6.45, 7) is 3.93. The van der Waals surface area contributed by atoms with E-state index in [1.807, 2.05) is 50.2 Å². The lowest BCUT2D eigenvalue weighted by atomic mass is 9.91. The Kier molecular flexibility index (Phi) is 9.01. The summed E-state index contributed by atoms with van der Waals surface area (Å²) in [6.07, 6.45) is 4.25. The summed E-state index contributed by atoms with van der Waals surface area (Å²) < 4.78 is 22.0. The number of amidine groups is 2. The summed E-state index contributed by atoms with van der Waals surface area (Å²) in [5.41, 5.74) is 1.54. The maximum atomic E-state index is 5.50. The normalized spacial score (nSPS) is 18.8. The number of aliphatic imine (C=N–C) groups is 2. The average molecular weight is 469 g/mol. The highest BCUT2D eigenvalue weighted by atomic mass is 16.5. The lowest BCUT2D eigenvalue weighted by Gasteiger charge is -2.27. The maximum absolute atomic E-state index is 5.50. The SMILES string of the molecule is COc1cccc(OC)c1NC(C)=N[C@@H]1CCCC[C@H]1N=C(C)Nc1c(OC)cccc1OC. The molecule has 0 bridgehead atoms. The Morgan fingerprint density at radius 1 is 0.647 bits per heavy atom. The van der Waals surface area contributed by atoms with E-state index in [1.165, 1.54) is 0 Å². The second kappa shape index (κ2) is 12.2. The second-order valence-corrected chi connectivity index (χ2v) is 8.17. The lowest BCUT2D eigenvalue weighted by Crippen LogP contribution is -2.30. The summed E-state index contributed by atoms with van der Waals surface area (Å²) in [5, 5.41) is 6.75. The van der Waals surface area contributed by atoms with Gasteiger partial charge < -0.3 is 29.6 Å². The zero-order chi connectivity index (χ0) is 24.5. The first-order chi connectivity index (χ1) is 16.5. The smallest absolute Gasteiger partial charge is 0.146 e. The summed E-state index contributed by atoms with van der Waals surface area (Å²) in [4.78, 5) is 10.0. The van der Waals surface area contributed by atoms with E-state index in [2.05, 4.69) is 10.6 Å². The van der Waals surface area contributed by atoms with Crippen molar-refractivity contribution in [1.82, 2.24) is 0 Å². The van der Waals surface area contributed by atoms with Crippen LogP contribution in [0, 0.1) is 0 Å². The molecule has 8 heteroatoms. The van der Waals surface area contributed by atoms with E-state index >= 15 is 0 Å². The quantitative estimate of drug-likeness (QED) is 0.399. The first kappa shape index (κ1) is 25.2. The van der Waals surface area contributed by atoms with Gasteiger partial charge in [0.1, 0.15) is 34.4 Å². The van der Waals surface area contributed by atoms with Crippen LogP contribution >= 0.6 is 0 Å². The molecular formula is C26H36N4O4. The minimum Gasteiger partial charge on any atom is -0.494 e. The van der Waals surface area contributed by atoms with Gasteiger partial charge in [0.05, 0.1) is 52.2 Å². The summed E-state index contributed by atoms with van der Waals surface area (Å²) in [6, 6.07) is 11.5. The van der Waals surface area contributed by atoms with Crippen LogP contribution in [0.3, 0.4) is 0 Å². The Balaban J connectivity index is 1.80. The zero-order valence-corrected chi connectivity index (χ0v) is 21.0. The van der Waals surface area contributed by atoms with Gasteiger partial charge in [-0.1, -0.05) is 25.0 Å². The van der Waals surface area contributed by atoms with Crippen molar-refractivity contribution >= 4 is 23.0 Å². The zero-order valence-electron chi connectivity index (χ0n) is 21.0. The minimum atomic E-state index is 0.0817. The Bertz CT molecular complexity index is 896. The third-order valence-electron chi connectivity index (χ3n) is 5.88. The molecule has 1 aliphatic carbocycles. The Hall–Kier alpha value is -3.42. The number of benzene rings is 2. The number of methoxy groups -OCH3 is 4. The van der Waals surface area contributed by atoms with Gasteiger partial charge in [-0.25, -0.2) is 0 Å². The van der Waals surface area contributed by atoms with E-state index < -0.39 is 0 Å². The summed E-state index contributed by atoms with van der Waals surface area (Å²) in [7, 11) is 6.57. The highest BCUT2D eigenvalue weighted by molar-refractivity contribution is 5.97. The van der Waals surface area contributed by atoms with Crippen LogP contribution in [0.15, 0.2) is 46.4 Å². The van der Waals surface area contributed by atoms with Crippen molar-refractivity contribution in [2.75, 3.05) is 39.1 Å². The van der Waals surface area contributed by atoms with Crippen LogP contribution in [0.1, 0.15) is 39.5 Å². The van der Waals surface area contributed by atoms with Crippen molar-refractivity contribution in [2.45, 2.75) is 51.6 Å². The molecule has 1 aliphatic rings. The molecule has 2 atom stereocenters. The Morgan fingerprint density at radius 2 is 0.971 bits per heavy atom. The van der Waals surface area contributed by atoms with Gasteiger partial charge in [-0.3, -0.25) is 9.98 Å². The van der Waals surface area contributed by atoms with Crippen LogP contribution in [-0.2, 0) is 0 Å². The molecule has 0 unspecified atom stereocenters. The summed E-state index contributed by atoms with van der Waals surface area (Å²) in [5.74, 6) is 4.42. The molecular weight excluding hydrogens is 432 g/mol. The number of hydrogen-bond donors (Lipinski definition) is 2. The standard InChI is InChI=1S/C26H36N4O4/c1-17(29-25-21(31-3)13-9-14-22(25)32-4)27-19-11-7-8-12-20(19)28-18(2)30-26-23(33-5)15-10-16-24(26)34-6/h9-10,13-16,19-20H,7-8,11-12H2,1-6H3,(H,27,29)(H,28,30)/t19-,20-/m1/s1. The first-order valence-electron chi connectivity index (χ1n) is 11.6. The van der Waals surface area contributed by atoms with Crippen LogP contribution in [0.2, 0.25) is 0 Å². The summed E-state index contributed by atoms with van der Waals surface area (Å²) >= 11 is 0. The van der Waals surface area contributed by atoms with Gasteiger partial charge in [-0.05, 0) is 51.0 Å². The molecule has 1 saturated carbocycles. The van der Waals surface area contributed by atoms with Gasteiger partial charge in [0.15, 0.2) is 0 Å². The molecule has 2 N–H and O–H groups in total. The van der Waals surface area contributed by atoms with Crippen molar-refractivity contribution < 1.29 is 18.9 Å². The fourth-order valence-corrected chi connectivity index (χ4v) is 4.27. The van der Waals surface area contributed by atoms with Gasteiger partial charge in [-0.2, -0.15) is 0 Å². The van der Waals surface area contributed by atoms with Crippen molar-refractivity contribution in [1.29, 1.82) is 0 Å². The fraction of sp³-hybridized carbons (Fsp3) is 0.462. The van der Waals surface area contributed by atoms with Crippen molar-refractivity contribution in [3.8, 4) is 23.0 Å². The molecule has 34 heavy (non-hydrogen) atoms. The Labute approximate surface area is 202 Å². The molecule has 0 radical (unpaired) electrons. The molecule has 184 valence electrons. The number of para-hydroxylation sites is 2. The Morgan fingerprint density at radius 3 is 1.26 bits per heavy atom. The van der Waals surface area contributed by atoms with Crippen molar-refractivity contribution in [2.24, 2.45) is 9.98 Å². The van der Waals surface area contributed by atoms with Crippen LogP contribution in [0.4, 0.5) is 11.4 Å². The van der Waals surface area contributed by atoms with Gasteiger partial charge >= 0.3 is 0 Å². The third-order valence-corrected chi connectivity index (χ3v) is 5.88. The number of nitrogens with zero attached hydrogens (tertiary/aromatic N) is 2. The minimum absolute atomic E-state index is 0.0817. The lowest BCUT2D eigenvalue weighted by molar-refractivity contribution is 0.387. The molecule has 0 spiro atoms. The highest BCUT2D eigenvalue weighted by Crippen LogP contribution is 2.35. The van der Waals surface area contributed by atoms with Gasteiger partial charge in [0, 0.05) is 0 Å². The van der Waals surface area contributed by atoms with Gasteiger partial charge in [0.2, 0.25) is 0 Å². The molecule has 3 rings (SSSR count). The van der Waals surface area contributed by atoms with Crippen molar-refractivity contribution in [3.05, 3.63) is 36.4 Å². The predicted octanol–water partition coefficient (Wildman–Crippen LogP) is 5.39. The largest absolute Gasteiger partial charge is 0.494 e. The molecule has 1 fully saturated rings. The molecule has 8 nitrogen and oxygen atoms in total. The number of nitrogens with one attached hydrogen (secondary N) is 2. The molecule has 0 amide bonds. The number of ether oxygens (including phenoxy) is 4. The number of rotatable bonds is 8. The highest BCUT2D eigenvalue weighted by Gasteiger charge is 2.25. The number of anilines is 2. The maximum Gasteiger partial charge on any atom is 0.146 e. The van der Waals surface area contributed by atoms with E-state index in [0.29, 0.717) is 23.0 Å². The topological polar surface area (TPSA) is 85.7 Å². The van der Waals surface area contributed by atoms with Crippen LogP contribution in [0.5, 0.6) is 23.0 Å². The molecule has 0 aromatic heterocycles. The van der Waals surface area contributed by atoms with Crippen LogP contribution < -0.4 is 29.6 Å². The average Bonchev–Trinajstić information content (AvgIpc) is 2.85. The van der Waals surface area contributed by atoms with E-state index in [0.717, 1.165) is 48.7 Å². The molecule has 2 aromatic carbocycles. The van der Waals surface area contributed by atoms with E-state index in [1.54, 1.807) is 28.4 Å². The van der Waals surface area contributed by atoms with E-state index in [-0.39, 0.29) is 12.1 Å². The first-order valence-corrected chi connectivity index (χ1v) is 11.6. The van der Waals surface area contributed by atoms with Gasteiger partial charge in [0.25, 0.3) is 0 Å². The monoisotopic (exact) mass is 468 g/mol.